The Morgan fingerprint density at radius 1 is 1.22 bits per heavy atom. The summed E-state index contributed by atoms with van der Waals surface area (Å²) < 4.78 is 0.691. The maximum absolute atomic E-state index is 6.28. The van der Waals surface area contributed by atoms with Crippen molar-refractivity contribution >= 4 is 34.0 Å². The summed E-state index contributed by atoms with van der Waals surface area (Å²) in [4.78, 5) is 5.41. The number of hydroxylamine groups is 1. The first-order chi connectivity index (χ1) is 11.2. The summed E-state index contributed by atoms with van der Waals surface area (Å²) in [6, 6.07) is 4.01. The molecule has 128 valence electrons. The van der Waals surface area contributed by atoms with Crippen LogP contribution in [0.3, 0.4) is 0 Å². The molecule has 0 atom stereocenters. The van der Waals surface area contributed by atoms with Crippen LogP contribution in [0.1, 0.15) is 56.9 Å². The standard InChI is InChI=1S/C18H28IN3O/c1-2-3-4-5-13-6-8-14(9-7-13)15-10-11-16(23-22-12-19)18(21)17(15)20/h2-3,10-11,13-14,22H,4-9,12,20-21H2,1H3/b3-2+. The molecule has 1 fully saturated rings. The number of halogens is 1. The van der Waals surface area contributed by atoms with Crippen LogP contribution < -0.4 is 21.8 Å². The molecule has 4 nitrogen and oxygen atoms in total. The Morgan fingerprint density at radius 2 is 1.96 bits per heavy atom. The van der Waals surface area contributed by atoms with Crippen molar-refractivity contribution in [3.05, 3.63) is 29.8 Å². The average molecular weight is 429 g/mol. The van der Waals surface area contributed by atoms with Gasteiger partial charge in [0.1, 0.15) is 5.69 Å². The number of alkyl halides is 1. The summed E-state index contributed by atoms with van der Waals surface area (Å²) in [5.41, 5.74) is 17.7. The second kappa shape index (κ2) is 9.37. The van der Waals surface area contributed by atoms with Crippen LogP contribution in [0.15, 0.2) is 24.3 Å². The Bertz CT molecular complexity index is 525. The highest BCUT2D eigenvalue weighted by molar-refractivity contribution is 14.1. The van der Waals surface area contributed by atoms with Crippen LogP contribution in [0.4, 0.5) is 11.4 Å². The van der Waals surface area contributed by atoms with E-state index in [0.29, 0.717) is 27.6 Å². The molecule has 1 aromatic rings. The van der Waals surface area contributed by atoms with Gasteiger partial charge in [-0.15, -0.1) is 5.48 Å². The second-order valence-corrected chi connectivity index (χ2v) is 6.99. The Kier molecular flexibility index (Phi) is 7.49. The fourth-order valence-corrected chi connectivity index (χ4v) is 3.60. The number of hydrogen-bond donors (Lipinski definition) is 3. The summed E-state index contributed by atoms with van der Waals surface area (Å²) in [5.74, 6) is 2.00. The van der Waals surface area contributed by atoms with E-state index in [0.717, 1.165) is 5.92 Å². The van der Waals surface area contributed by atoms with Gasteiger partial charge < -0.3 is 16.3 Å². The second-order valence-electron chi connectivity index (χ2n) is 6.22. The summed E-state index contributed by atoms with van der Waals surface area (Å²) in [5, 5.41) is 0. The number of rotatable bonds is 7. The van der Waals surface area contributed by atoms with Crippen molar-refractivity contribution in [1.29, 1.82) is 0 Å². The van der Waals surface area contributed by atoms with Crippen LogP contribution in [0.5, 0.6) is 5.75 Å². The lowest BCUT2D eigenvalue weighted by atomic mass is 9.76. The van der Waals surface area contributed by atoms with Crippen molar-refractivity contribution in [3.63, 3.8) is 0 Å². The first-order valence-electron chi connectivity index (χ1n) is 8.42. The molecule has 0 unspecified atom stereocenters. The lowest BCUT2D eigenvalue weighted by Crippen LogP contribution is -2.18. The molecule has 0 aliphatic heterocycles. The lowest BCUT2D eigenvalue weighted by molar-refractivity contribution is 0.222. The largest absolute Gasteiger partial charge is 0.406 e. The van der Waals surface area contributed by atoms with E-state index in [4.69, 9.17) is 16.3 Å². The van der Waals surface area contributed by atoms with Crippen LogP contribution in [0.25, 0.3) is 0 Å². The van der Waals surface area contributed by atoms with Crippen LogP contribution in [0, 0.1) is 5.92 Å². The third-order valence-corrected chi connectivity index (χ3v) is 5.09. The molecule has 0 aromatic heterocycles. The third kappa shape index (κ3) is 5.01. The fraction of sp³-hybridized carbons (Fsp3) is 0.556. The minimum absolute atomic E-state index is 0.529. The third-order valence-electron chi connectivity index (χ3n) is 4.78. The molecular formula is C18H28IN3O. The number of hydrogen-bond acceptors (Lipinski definition) is 4. The van der Waals surface area contributed by atoms with Gasteiger partial charge in [-0.3, -0.25) is 0 Å². The first-order valence-corrected chi connectivity index (χ1v) is 9.94. The number of anilines is 2. The molecule has 0 amide bonds. The van der Waals surface area contributed by atoms with Crippen molar-refractivity contribution in [2.24, 2.45) is 5.92 Å². The van der Waals surface area contributed by atoms with E-state index in [1.165, 1.54) is 44.1 Å². The van der Waals surface area contributed by atoms with Gasteiger partial charge in [0, 0.05) is 0 Å². The van der Waals surface area contributed by atoms with Gasteiger partial charge in [0.15, 0.2) is 5.75 Å². The van der Waals surface area contributed by atoms with E-state index in [1.54, 1.807) is 0 Å². The molecule has 1 aliphatic rings. The molecule has 1 aliphatic carbocycles. The zero-order valence-electron chi connectivity index (χ0n) is 13.9. The highest BCUT2D eigenvalue weighted by Crippen LogP contribution is 2.42. The Hall–Kier alpha value is -0.950. The molecule has 0 bridgehead atoms. The number of nitrogens with one attached hydrogen (secondary N) is 1. The maximum atomic E-state index is 6.28. The molecule has 2 rings (SSSR count). The minimum Gasteiger partial charge on any atom is -0.406 e. The summed E-state index contributed by atoms with van der Waals surface area (Å²) >= 11 is 2.18. The minimum atomic E-state index is 0.529. The van der Waals surface area contributed by atoms with Gasteiger partial charge in [-0.25, -0.2) is 0 Å². The van der Waals surface area contributed by atoms with E-state index in [9.17, 15) is 0 Å². The molecule has 0 spiro atoms. The van der Waals surface area contributed by atoms with E-state index in [2.05, 4.69) is 53.2 Å². The molecule has 1 saturated carbocycles. The lowest BCUT2D eigenvalue weighted by Gasteiger charge is -2.29. The Morgan fingerprint density at radius 3 is 2.61 bits per heavy atom. The fourth-order valence-electron chi connectivity index (χ4n) is 3.44. The average Bonchev–Trinajstić information content (AvgIpc) is 2.57. The van der Waals surface area contributed by atoms with E-state index >= 15 is 0 Å². The summed E-state index contributed by atoms with van der Waals surface area (Å²) in [6.07, 6.45) is 11.9. The van der Waals surface area contributed by atoms with Gasteiger partial charge >= 0.3 is 0 Å². The smallest absolute Gasteiger partial charge is 0.172 e. The monoisotopic (exact) mass is 429 g/mol. The summed E-state index contributed by atoms with van der Waals surface area (Å²) in [7, 11) is 0. The van der Waals surface area contributed by atoms with Gasteiger partial charge in [-0.2, -0.15) is 0 Å². The highest BCUT2D eigenvalue weighted by Gasteiger charge is 2.24. The zero-order chi connectivity index (χ0) is 16.7. The van der Waals surface area contributed by atoms with E-state index in [-0.39, 0.29) is 0 Å². The van der Waals surface area contributed by atoms with Crippen molar-refractivity contribution < 1.29 is 4.84 Å². The SMILES string of the molecule is C/C=C/CCC1CCC(c2ccc(ONCI)c(N)c2N)CC1. The van der Waals surface area contributed by atoms with E-state index in [1.807, 2.05) is 6.07 Å². The molecule has 23 heavy (non-hydrogen) atoms. The first kappa shape index (κ1) is 18.4. The number of nitrogens with two attached hydrogens (primary N) is 2. The molecule has 1 aromatic carbocycles. The zero-order valence-corrected chi connectivity index (χ0v) is 16.0. The van der Waals surface area contributed by atoms with Gasteiger partial charge in [-0.05, 0) is 68.9 Å². The molecule has 5 heteroatoms. The normalized spacial score (nSPS) is 21.7. The Balaban J connectivity index is 1.96. The van der Waals surface area contributed by atoms with Crippen molar-refractivity contribution in [2.75, 3.05) is 16.0 Å². The van der Waals surface area contributed by atoms with Crippen LogP contribution in [-0.2, 0) is 0 Å². The predicted molar refractivity (Wildman–Crippen MR) is 107 cm³/mol. The molecular weight excluding hydrogens is 401 g/mol. The van der Waals surface area contributed by atoms with E-state index < -0.39 is 0 Å². The van der Waals surface area contributed by atoms with Gasteiger partial charge in [0.2, 0.25) is 0 Å². The predicted octanol–water partition coefficient (Wildman–Crippen LogP) is 4.76. The molecule has 0 radical (unpaired) electrons. The van der Waals surface area contributed by atoms with Crippen molar-refractivity contribution in [3.8, 4) is 5.75 Å². The highest BCUT2D eigenvalue weighted by atomic mass is 127. The van der Waals surface area contributed by atoms with Crippen molar-refractivity contribution in [1.82, 2.24) is 5.48 Å². The number of nitrogen functional groups attached to an aromatic ring is 2. The quantitative estimate of drug-likeness (QED) is 0.146. The number of allylic oxidation sites excluding steroid dienone is 2. The van der Waals surface area contributed by atoms with Crippen molar-refractivity contribution in [2.45, 2.75) is 51.4 Å². The van der Waals surface area contributed by atoms with Gasteiger partial charge in [0.05, 0.1) is 10.2 Å². The molecule has 0 saturated heterocycles. The van der Waals surface area contributed by atoms with Crippen LogP contribution >= 0.6 is 22.6 Å². The summed E-state index contributed by atoms with van der Waals surface area (Å²) in [6.45, 7) is 2.09. The van der Waals surface area contributed by atoms with Gasteiger partial charge in [-0.1, -0.05) is 40.8 Å². The number of benzene rings is 1. The molecule has 5 N–H and O–H groups in total. The topological polar surface area (TPSA) is 73.3 Å². The Labute approximate surface area is 153 Å². The maximum Gasteiger partial charge on any atom is 0.172 e. The molecule has 0 heterocycles. The van der Waals surface area contributed by atoms with Crippen LogP contribution in [0.2, 0.25) is 0 Å². The van der Waals surface area contributed by atoms with Gasteiger partial charge in [0.25, 0.3) is 0 Å². The van der Waals surface area contributed by atoms with Crippen LogP contribution in [-0.4, -0.2) is 4.55 Å².